The molecule has 5 heteroatoms. The lowest BCUT2D eigenvalue weighted by Gasteiger charge is -2.29. The molecule has 1 heterocycles. The lowest BCUT2D eigenvalue weighted by Crippen LogP contribution is -2.50. The fraction of sp³-hybridized carbons (Fsp3) is 0.462. The van der Waals surface area contributed by atoms with Gasteiger partial charge in [-0.15, -0.1) is 0 Å². The summed E-state index contributed by atoms with van der Waals surface area (Å²) in [6.07, 6.45) is 0.818. The van der Waals surface area contributed by atoms with E-state index in [9.17, 15) is 4.79 Å². The number of carbonyl (C=O) groups excluding carboxylic acids is 1. The quantitative estimate of drug-likeness (QED) is 0.901. The molecule has 0 aromatic heterocycles. The summed E-state index contributed by atoms with van der Waals surface area (Å²) in [5.74, 6) is -0.166. The number of halogens is 2. The molecule has 2 atom stereocenters. The highest BCUT2D eigenvalue weighted by Gasteiger charge is 2.38. The molecule has 0 spiro atoms. The molecule has 0 aliphatic carbocycles. The van der Waals surface area contributed by atoms with Crippen LogP contribution in [0.1, 0.15) is 30.6 Å². The average Bonchev–Trinajstić information content (AvgIpc) is 2.62. The molecular formula is C13H15BrClNO2. The monoisotopic (exact) mass is 331 g/mol. The summed E-state index contributed by atoms with van der Waals surface area (Å²) in [5, 5.41) is 3.47. The van der Waals surface area contributed by atoms with Crippen LogP contribution in [-0.4, -0.2) is 24.2 Å². The fourth-order valence-corrected chi connectivity index (χ4v) is 2.56. The molecular weight excluding hydrogens is 318 g/mol. The molecule has 18 heavy (non-hydrogen) atoms. The molecule has 1 N–H and O–H groups in total. The molecule has 1 aromatic carbocycles. The second kappa shape index (κ2) is 5.19. The van der Waals surface area contributed by atoms with E-state index in [1.165, 1.54) is 0 Å². The highest BCUT2D eigenvalue weighted by Crippen LogP contribution is 2.27. The van der Waals surface area contributed by atoms with Crippen molar-refractivity contribution in [1.82, 2.24) is 5.32 Å². The van der Waals surface area contributed by atoms with E-state index in [-0.39, 0.29) is 17.6 Å². The highest BCUT2D eigenvalue weighted by molar-refractivity contribution is 9.10. The first-order chi connectivity index (χ1) is 8.42. The molecule has 98 valence electrons. The SMILES string of the molecule is C[C@@H]1OCC[C@@]1(C)NC(=O)c1cc(Br)ccc1Cl. The minimum atomic E-state index is -0.331. The van der Waals surface area contributed by atoms with E-state index in [2.05, 4.69) is 21.2 Å². The first-order valence-electron chi connectivity index (χ1n) is 5.81. The maximum Gasteiger partial charge on any atom is 0.253 e. The van der Waals surface area contributed by atoms with E-state index in [0.717, 1.165) is 10.9 Å². The van der Waals surface area contributed by atoms with Crippen molar-refractivity contribution in [2.45, 2.75) is 31.9 Å². The van der Waals surface area contributed by atoms with Crippen molar-refractivity contribution in [3.8, 4) is 0 Å². The molecule has 0 unspecified atom stereocenters. The molecule has 3 nitrogen and oxygen atoms in total. The third-order valence-electron chi connectivity index (χ3n) is 3.46. The van der Waals surface area contributed by atoms with Crippen LogP contribution >= 0.6 is 27.5 Å². The smallest absolute Gasteiger partial charge is 0.253 e. The molecule has 1 fully saturated rings. The molecule has 1 aliphatic heterocycles. The van der Waals surface area contributed by atoms with Crippen LogP contribution in [0.4, 0.5) is 0 Å². The van der Waals surface area contributed by atoms with Crippen molar-refractivity contribution in [2.24, 2.45) is 0 Å². The Morgan fingerprint density at radius 1 is 1.61 bits per heavy atom. The van der Waals surface area contributed by atoms with Crippen molar-refractivity contribution >= 4 is 33.4 Å². The Hall–Kier alpha value is -0.580. The van der Waals surface area contributed by atoms with Crippen LogP contribution in [0.25, 0.3) is 0 Å². The minimum absolute atomic E-state index is 0.00683. The van der Waals surface area contributed by atoms with E-state index in [0.29, 0.717) is 17.2 Å². The van der Waals surface area contributed by atoms with E-state index < -0.39 is 0 Å². The van der Waals surface area contributed by atoms with Crippen molar-refractivity contribution in [1.29, 1.82) is 0 Å². The number of carbonyl (C=O) groups is 1. The van der Waals surface area contributed by atoms with Gasteiger partial charge in [-0.3, -0.25) is 4.79 Å². The third kappa shape index (κ3) is 2.71. The van der Waals surface area contributed by atoms with Crippen LogP contribution < -0.4 is 5.32 Å². The van der Waals surface area contributed by atoms with Crippen LogP contribution in [0.3, 0.4) is 0 Å². The molecule has 0 radical (unpaired) electrons. The van der Waals surface area contributed by atoms with Gasteiger partial charge in [0.15, 0.2) is 0 Å². The highest BCUT2D eigenvalue weighted by atomic mass is 79.9. The third-order valence-corrected chi connectivity index (χ3v) is 4.28. The maximum atomic E-state index is 12.3. The van der Waals surface area contributed by atoms with Gasteiger partial charge in [-0.2, -0.15) is 0 Å². The minimum Gasteiger partial charge on any atom is -0.376 e. The van der Waals surface area contributed by atoms with Gasteiger partial charge >= 0.3 is 0 Å². The first kappa shape index (κ1) is 13.8. The number of benzene rings is 1. The largest absolute Gasteiger partial charge is 0.376 e. The molecule has 1 amide bonds. The zero-order valence-corrected chi connectivity index (χ0v) is 12.6. The normalized spacial score (nSPS) is 27.2. The van der Waals surface area contributed by atoms with Gasteiger partial charge in [-0.05, 0) is 38.5 Å². The van der Waals surface area contributed by atoms with Crippen molar-refractivity contribution < 1.29 is 9.53 Å². The van der Waals surface area contributed by atoms with E-state index >= 15 is 0 Å². The molecule has 1 saturated heterocycles. The number of rotatable bonds is 2. The maximum absolute atomic E-state index is 12.3. The summed E-state index contributed by atoms with van der Waals surface area (Å²) in [6, 6.07) is 5.24. The average molecular weight is 333 g/mol. The zero-order valence-electron chi connectivity index (χ0n) is 10.3. The van der Waals surface area contributed by atoms with E-state index in [1.54, 1.807) is 12.1 Å². The van der Waals surface area contributed by atoms with Gasteiger partial charge in [0.25, 0.3) is 5.91 Å². The topological polar surface area (TPSA) is 38.3 Å². The van der Waals surface area contributed by atoms with Crippen LogP contribution in [0, 0.1) is 0 Å². The Morgan fingerprint density at radius 3 is 2.94 bits per heavy atom. The van der Waals surface area contributed by atoms with Gasteiger partial charge in [-0.1, -0.05) is 27.5 Å². The fourth-order valence-electron chi connectivity index (χ4n) is 2.00. The summed E-state index contributed by atoms with van der Waals surface area (Å²) in [4.78, 5) is 12.3. The van der Waals surface area contributed by atoms with Crippen LogP contribution in [0.5, 0.6) is 0 Å². The number of amides is 1. The van der Waals surface area contributed by atoms with E-state index in [4.69, 9.17) is 16.3 Å². The standard InChI is InChI=1S/C13H15BrClNO2/c1-8-13(2,5-6-18-8)16-12(17)10-7-9(14)3-4-11(10)15/h3-4,7-8H,5-6H2,1-2H3,(H,16,17)/t8-,13+/m0/s1. The molecule has 1 aliphatic rings. The van der Waals surface area contributed by atoms with Crippen LogP contribution in [0.15, 0.2) is 22.7 Å². The van der Waals surface area contributed by atoms with Crippen molar-refractivity contribution in [2.75, 3.05) is 6.61 Å². The second-order valence-corrected chi connectivity index (χ2v) is 6.08. The molecule has 0 saturated carbocycles. The number of hydrogen-bond donors (Lipinski definition) is 1. The Balaban J connectivity index is 2.19. The summed E-state index contributed by atoms with van der Waals surface area (Å²) in [6.45, 7) is 4.63. The molecule has 2 rings (SSSR count). The van der Waals surface area contributed by atoms with Crippen molar-refractivity contribution in [3.63, 3.8) is 0 Å². The first-order valence-corrected chi connectivity index (χ1v) is 6.99. The summed E-state index contributed by atoms with van der Waals surface area (Å²) >= 11 is 9.38. The Morgan fingerprint density at radius 2 is 2.33 bits per heavy atom. The lowest BCUT2D eigenvalue weighted by molar-refractivity contribution is 0.0727. The van der Waals surface area contributed by atoms with Gasteiger partial charge in [0.1, 0.15) is 0 Å². The van der Waals surface area contributed by atoms with Gasteiger partial charge < -0.3 is 10.1 Å². The number of nitrogens with one attached hydrogen (secondary N) is 1. The lowest BCUT2D eigenvalue weighted by atomic mass is 9.94. The molecule has 0 bridgehead atoms. The van der Waals surface area contributed by atoms with Crippen LogP contribution in [-0.2, 0) is 4.74 Å². The Bertz CT molecular complexity index is 480. The predicted octanol–water partition coefficient (Wildman–Crippen LogP) is 3.40. The van der Waals surface area contributed by atoms with Crippen LogP contribution in [0.2, 0.25) is 5.02 Å². The number of ether oxygens (including phenoxy) is 1. The summed E-state index contributed by atoms with van der Waals surface area (Å²) in [7, 11) is 0. The zero-order chi connectivity index (χ0) is 13.3. The van der Waals surface area contributed by atoms with Gasteiger partial charge in [0.05, 0.1) is 22.2 Å². The number of hydrogen-bond acceptors (Lipinski definition) is 2. The second-order valence-electron chi connectivity index (χ2n) is 4.76. The van der Waals surface area contributed by atoms with Gasteiger partial charge in [0.2, 0.25) is 0 Å². The Kier molecular flexibility index (Phi) is 3.99. The Labute approximate surface area is 120 Å². The van der Waals surface area contributed by atoms with E-state index in [1.807, 2.05) is 19.9 Å². The predicted molar refractivity (Wildman–Crippen MR) is 75.1 cm³/mol. The van der Waals surface area contributed by atoms with Crippen molar-refractivity contribution in [3.05, 3.63) is 33.3 Å². The molecule has 1 aromatic rings. The van der Waals surface area contributed by atoms with Gasteiger partial charge in [0, 0.05) is 11.1 Å². The summed E-state index contributed by atoms with van der Waals surface area (Å²) in [5.41, 5.74) is 0.147. The summed E-state index contributed by atoms with van der Waals surface area (Å²) < 4.78 is 6.33. The van der Waals surface area contributed by atoms with Gasteiger partial charge in [-0.25, -0.2) is 0 Å².